The van der Waals surface area contributed by atoms with E-state index in [-0.39, 0.29) is 30.4 Å². The molecule has 4 nitrogen and oxygen atoms in total. The van der Waals surface area contributed by atoms with Crippen LogP contribution < -0.4 is 0 Å². The molecule has 1 saturated heterocycles. The molecule has 0 aliphatic carbocycles. The van der Waals surface area contributed by atoms with Gasteiger partial charge in [0.25, 0.3) is 11.8 Å². The summed E-state index contributed by atoms with van der Waals surface area (Å²) in [5.74, 6) is -0.609. The van der Waals surface area contributed by atoms with E-state index < -0.39 is 0 Å². The second kappa shape index (κ2) is 5.35. The minimum atomic E-state index is -0.304. The van der Waals surface area contributed by atoms with Crippen molar-refractivity contribution in [3.8, 4) is 0 Å². The van der Waals surface area contributed by atoms with Gasteiger partial charge in [-0.1, -0.05) is 32.9 Å². The number of nitrogens with zero attached hydrogens (tertiary/aromatic N) is 1. The zero-order valence-corrected chi connectivity index (χ0v) is 12.1. The van der Waals surface area contributed by atoms with Gasteiger partial charge in [-0.15, -0.1) is 0 Å². The number of carbonyl (C=O) groups is 2. The van der Waals surface area contributed by atoms with Crippen molar-refractivity contribution in [2.45, 2.75) is 31.1 Å². The second-order valence-corrected chi connectivity index (χ2v) is 6.46. The number of carbonyl (C=O) groups excluding carboxylic acids is 2. The largest absolute Gasteiger partial charge is 0.362 e. The molecule has 1 aromatic carbocycles. The Kier molecular flexibility index (Phi) is 3.96. The van der Waals surface area contributed by atoms with Gasteiger partial charge in [0.1, 0.15) is 13.2 Å². The van der Waals surface area contributed by atoms with Crippen LogP contribution in [0.25, 0.3) is 0 Å². The van der Waals surface area contributed by atoms with Crippen molar-refractivity contribution < 1.29 is 14.3 Å². The molecule has 0 aromatic heterocycles. The number of hydrogen-bond donors (Lipinski definition) is 0. The number of hydrogen-bond acceptors (Lipinski definition) is 4. The predicted octanol–water partition coefficient (Wildman–Crippen LogP) is 2.38. The van der Waals surface area contributed by atoms with E-state index in [2.05, 4.69) is 20.8 Å². The van der Waals surface area contributed by atoms with Gasteiger partial charge in [-0.2, -0.15) is 0 Å². The summed E-state index contributed by atoms with van der Waals surface area (Å²) in [5.41, 5.74) is 1.31. The number of amides is 2. The van der Waals surface area contributed by atoms with Crippen molar-refractivity contribution in [3.05, 3.63) is 29.8 Å². The number of benzene rings is 1. The van der Waals surface area contributed by atoms with Crippen LogP contribution in [-0.2, 0) is 19.7 Å². The van der Waals surface area contributed by atoms with Crippen LogP contribution in [0, 0.1) is 0 Å². The molecule has 2 amide bonds. The molecule has 102 valence electrons. The van der Waals surface area contributed by atoms with Crippen LogP contribution in [0.3, 0.4) is 0 Å². The minimum Gasteiger partial charge on any atom is -0.362 e. The molecule has 0 bridgehead atoms. The highest BCUT2D eigenvalue weighted by molar-refractivity contribution is 7.98. The minimum absolute atomic E-state index is 0.0290. The summed E-state index contributed by atoms with van der Waals surface area (Å²) in [7, 11) is 0. The molecule has 1 heterocycles. The Morgan fingerprint density at radius 3 is 2.05 bits per heavy atom. The first kappa shape index (κ1) is 14.1. The molecule has 19 heavy (non-hydrogen) atoms. The smallest absolute Gasteiger partial charge is 0.265 e. The van der Waals surface area contributed by atoms with E-state index in [1.54, 1.807) is 0 Å². The summed E-state index contributed by atoms with van der Waals surface area (Å²) in [6.07, 6.45) is 0. The lowest BCUT2D eigenvalue weighted by atomic mass is 9.87. The third kappa shape index (κ3) is 3.36. The summed E-state index contributed by atoms with van der Waals surface area (Å²) in [6.45, 7) is 6.37. The predicted molar refractivity (Wildman–Crippen MR) is 73.7 cm³/mol. The van der Waals surface area contributed by atoms with Gasteiger partial charge in [0.05, 0.1) is 0 Å². The van der Waals surface area contributed by atoms with Gasteiger partial charge in [0, 0.05) is 4.90 Å². The molecule has 5 heteroatoms. The summed E-state index contributed by atoms with van der Waals surface area (Å²) in [5, 5.41) is 0. The Hall–Kier alpha value is -1.33. The van der Waals surface area contributed by atoms with Gasteiger partial charge in [-0.05, 0) is 35.1 Å². The lowest BCUT2D eigenvalue weighted by Gasteiger charge is -2.24. The highest BCUT2D eigenvalue weighted by Crippen LogP contribution is 2.28. The second-order valence-electron chi connectivity index (χ2n) is 5.44. The topological polar surface area (TPSA) is 46.6 Å². The molecule has 0 saturated carbocycles. The maximum absolute atomic E-state index is 11.6. The van der Waals surface area contributed by atoms with Crippen LogP contribution in [0.5, 0.6) is 0 Å². The van der Waals surface area contributed by atoms with Crippen LogP contribution in [0.1, 0.15) is 26.3 Å². The summed E-state index contributed by atoms with van der Waals surface area (Å²) < 4.78 is 6.05. The fraction of sp³-hybridized carbons (Fsp3) is 0.429. The molecule has 0 spiro atoms. The lowest BCUT2D eigenvalue weighted by molar-refractivity contribution is -0.150. The van der Waals surface area contributed by atoms with E-state index in [4.69, 9.17) is 4.74 Å². The van der Waals surface area contributed by atoms with Crippen molar-refractivity contribution in [3.63, 3.8) is 0 Å². The Balaban J connectivity index is 2.11. The van der Waals surface area contributed by atoms with Gasteiger partial charge in [0.15, 0.2) is 0 Å². The van der Waals surface area contributed by atoms with Gasteiger partial charge in [0.2, 0.25) is 0 Å². The zero-order valence-electron chi connectivity index (χ0n) is 11.3. The monoisotopic (exact) mass is 279 g/mol. The fourth-order valence-electron chi connectivity index (χ4n) is 1.71. The maximum Gasteiger partial charge on any atom is 0.265 e. The van der Waals surface area contributed by atoms with Crippen molar-refractivity contribution in [1.82, 2.24) is 4.31 Å². The Bertz CT molecular complexity index is 474. The van der Waals surface area contributed by atoms with Crippen molar-refractivity contribution in [1.29, 1.82) is 0 Å². The lowest BCUT2D eigenvalue weighted by Crippen LogP contribution is -2.41. The SMILES string of the molecule is CC(C)(C)c1ccc(SN2C(=O)COCC2=O)cc1. The van der Waals surface area contributed by atoms with Crippen LogP contribution in [0.15, 0.2) is 29.2 Å². The first-order valence-corrected chi connectivity index (χ1v) is 6.87. The van der Waals surface area contributed by atoms with Gasteiger partial charge in [-0.3, -0.25) is 9.59 Å². The molecule has 1 aliphatic heterocycles. The maximum atomic E-state index is 11.6. The first-order valence-electron chi connectivity index (χ1n) is 6.10. The van der Waals surface area contributed by atoms with Crippen LogP contribution >= 0.6 is 11.9 Å². The highest BCUT2D eigenvalue weighted by Gasteiger charge is 2.27. The highest BCUT2D eigenvalue weighted by atomic mass is 32.2. The third-order valence-corrected chi connectivity index (χ3v) is 3.89. The average molecular weight is 279 g/mol. The standard InChI is InChI=1S/C14H17NO3S/c1-14(2,3)10-4-6-11(7-5-10)19-15-12(16)8-18-9-13(15)17/h4-7H,8-9H2,1-3H3. The quantitative estimate of drug-likeness (QED) is 0.616. The van der Waals surface area contributed by atoms with Crippen molar-refractivity contribution in [2.75, 3.05) is 13.2 Å². The third-order valence-electron chi connectivity index (χ3n) is 2.82. The van der Waals surface area contributed by atoms with E-state index in [1.165, 1.54) is 9.87 Å². The molecule has 0 N–H and O–H groups in total. The summed E-state index contributed by atoms with van der Waals surface area (Å²) in [4.78, 5) is 24.1. The number of imide groups is 1. The fourth-order valence-corrected chi connectivity index (χ4v) is 2.48. The molecule has 2 rings (SSSR count). The zero-order chi connectivity index (χ0) is 14.0. The van der Waals surface area contributed by atoms with E-state index in [1.807, 2.05) is 24.3 Å². The van der Waals surface area contributed by atoms with Crippen LogP contribution in [0.4, 0.5) is 0 Å². The van der Waals surface area contributed by atoms with E-state index in [0.717, 1.165) is 16.8 Å². The molecule has 0 radical (unpaired) electrons. The molecule has 1 aromatic rings. The summed E-state index contributed by atoms with van der Waals surface area (Å²) >= 11 is 1.15. The number of rotatable bonds is 2. The van der Waals surface area contributed by atoms with Gasteiger partial charge in [-0.25, -0.2) is 4.31 Å². The number of morpholine rings is 1. The van der Waals surface area contributed by atoms with E-state index in [0.29, 0.717) is 0 Å². The van der Waals surface area contributed by atoms with Crippen molar-refractivity contribution >= 4 is 23.8 Å². The first-order chi connectivity index (χ1) is 8.88. The normalized spacial score (nSPS) is 16.9. The molecule has 0 unspecified atom stereocenters. The average Bonchev–Trinajstić information content (AvgIpc) is 2.33. The van der Waals surface area contributed by atoms with Gasteiger partial charge < -0.3 is 4.74 Å². The Labute approximate surface area is 117 Å². The van der Waals surface area contributed by atoms with E-state index in [9.17, 15) is 9.59 Å². The Morgan fingerprint density at radius 1 is 1.05 bits per heavy atom. The van der Waals surface area contributed by atoms with Crippen LogP contribution in [-0.4, -0.2) is 29.3 Å². The molecular weight excluding hydrogens is 262 g/mol. The number of ether oxygens (including phenoxy) is 1. The van der Waals surface area contributed by atoms with Crippen LogP contribution in [0.2, 0.25) is 0 Å². The molecular formula is C14H17NO3S. The van der Waals surface area contributed by atoms with E-state index >= 15 is 0 Å². The Morgan fingerprint density at radius 2 is 1.58 bits per heavy atom. The molecule has 0 atom stereocenters. The molecule has 1 aliphatic rings. The summed E-state index contributed by atoms with van der Waals surface area (Å²) in [6, 6.07) is 7.91. The van der Waals surface area contributed by atoms with Crippen molar-refractivity contribution in [2.24, 2.45) is 0 Å². The molecule has 1 fully saturated rings. The van der Waals surface area contributed by atoms with Gasteiger partial charge >= 0.3 is 0 Å².